The number of amides is 1. The molecule has 104 valence electrons. The smallest absolute Gasteiger partial charge is 0.258 e. The van der Waals surface area contributed by atoms with Gasteiger partial charge in [-0.25, -0.2) is 8.78 Å². The number of carbonyl (C=O) groups is 1. The summed E-state index contributed by atoms with van der Waals surface area (Å²) < 4.78 is 26.7. The Hall–Kier alpha value is -1.94. The molecule has 2 nitrogen and oxygen atoms in total. The molecule has 1 unspecified atom stereocenters. The van der Waals surface area contributed by atoms with Crippen LogP contribution in [0.25, 0.3) is 0 Å². The molecule has 1 atom stereocenters. The summed E-state index contributed by atoms with van der Waals surface area (Å²) in [6.07, 6.45) is 0. The highest BCUT2D eigenvalue weighted by Gasteiger charge is 2.17. The summed E-state index contributed by atoms with van der Waals surface area (Å²) >= 11 is 6.01. The standard InChI is InChI=1S/C15H12ClF2NO/c1-9(16)10-5-2-3-8-13(10)19-15(20)11-6-4-7-12(17)14(11)18/h2-9H,1H3,(H,19,20). The summed E-state index contributed by atoms with van der Waals surface area (Å²) in [6, 6.07) is 10.4. The van der Waals surface area contributed by atoms with Gasteiger partial charge in [0.15, 0.2) is 11.6 Å². The van der Waals surface area contributed by atoms with Gasteiger partial charge in [0.1, 0.15) is 0 Å². The van der Waals surface area contributed by atoms with Gasteiger partial charge >= 0.3 is 0 Å². The SMILES string of the molecule is CC(Cl)c1ccccc1NC(=O)c1cccc(F)c1F. The highest BCUT2D eigenvalue weighted by Crippen LogP contribution is 2.27. The quantitative estimate of drug-likeness (QED) is 0.829. The van der Waals surface area contributed by atoms with Gasteiger partial charge in [0.25, 0.3) is 5.91 Å². The van der Waals surface area contributed by atoms with E-state index in [9.17, 15) is 13.6 Å². The zero-order valence-corrected chi connectivity index (χ0v) is 11.4. The van der Waals surface area contributed by atoms with Crippen molar-refractivity contribution in [2.45, 2.75) is 12.3 Å². The summed E-state index contributed by atoms with van der Waals surface area (Å²) in [4.78, 5) is 12.0. The molecule has 5 heteroatoms. The van der Waals surface area contributed by atoms with Crippen LogP contribution < -0.4 is 5.32 Å². The maximum Gasteiger partial charge on any atom is 0.258 e. The van der Waals surface area contributed by atoms with Crippen LogP contribution in [0.2, 0.25) is 0 Å². The fourth-order valence-corrected chi connectivity index (χ4v) is 2.02. The maximum absolute atomic E-state index is 13.6. The van der Waals surface area contributed by atoms with E-state index in [4.69, 9.17) is 11.6 Å². The Kier molecular flexibility index (Phi) is 4.35. The lowest BCUT2D eigenvalue weighted by Gasteiger charge is -2.12. The van der Waals surface area contributed by atoms with E-state index in [0.717, 1.165) is 6.07 Å². The number of carbonyl (C=O) groups excluding carboxylic acids is 1. The van der Waals surface area contributed by atoms with Gasteiger partial charge in [-0.1, -0.05) is 24.3 Å². The van der Waals surface area contributed by atoms with Crippen molar-refractivity contribution in [1.29, 1.82) is 0 Å². The molecule has 0 aliphatic rings. The monoisotopic (exact) mass is 295 g/mol. The van der Waals surface area contributed by atoms with Crippen molar-refractivity contribution in [3.8, 4) is 0 Å². The van der Waals surface area contributed by atoms with Gasteiger partial charge in [-0.05, 0) is 30.7 Å². The maximum atomic E-state index is 13.6. The molecule has 0 bridgehead atoms. The average molecular weight is 296 g/mol. The topological polar surface area (TPSA) is 29.1 Å². The predicted octanol–water partition coefficient (Wildman–Crippen LogP) is 4.52. The van der Waals surface area contributed by atoms with E-state index in [1.54, 1.807) is 31.2 Å². The van der Waals surface area contributed by atoms with Crippen molar-refractivity contribution in [3.63, 3.8) is 0 Å². The second kappa shape index (κ2) is 6.01. The molecule has 0 radical (unpaired) electrons. The molecule has 2 aromatic carbocycles. The molecule has 20 heavy (non-hydrogen) atoms. The summed E-state index contributed by atoms with van der Waals surface area (Å²) in [5, 5.41) is 2.23. The third-order valence-electron chi connectivity index (χ3n) is 2.83. The molecule has 0 saturated heterocycles. The Balaban J connectivity index is 2.31. The lowest BCUT2D eigenvalue weighted by atomic mass is 10.1. The van der Waals surface area contributed by atoms with Crippen molar-refractivity contribution in [1.82, 2.24) is 0 Å². The van der Waals surface area contributed by atoms with Crippen LogP contribution in [0.5, 0.6) is 0 Å². The van der Waals surface area contributed by atoms with Crippen molar-refractivity contribution in [3.05, 3.63) is 65.2 Å². The third kappa shape index (κ3) is 2.96. The second-order valence-electron chi connectivity index (χ2n) is 4.26. The molecule has 1 amide bonds. The van der Waals surface area contributed by atoms with E-state index in [-0.39, 0.29) is 10.9 Å². The van der Waals surface area contributed by atoms with E-state index in [2.05, 4.69) is 5.32 Å². The van der Waals surface area contributed by atoms with Crippen LogP contribution in [0, 0.1) is 11.6 Å². The van der Waals surface area contributed by atoms with Crippen LogP contribution in [0.1, 0.15) is 28.2 Å². The van der Waals surface area contributed by atoms with Crippen molar-refractivity contribution >= 4 is 23.2 Å². The fraction of sp³-hybridized carbons (Fsp3) is 0.133. The number of rotatable bonds is 3. The van der Waals surface area contributed by atoms with Crippen molar-refractivity contribution in [2.75, 3.05) is 5.32 Å². The minimum atomic E-state index is -1.17. The minimum Gasteiger partial charge on any atom is -0.322 e. The van der Waals surface area contributed by atoms with Gasteiger partial charge in [0, 0.05) is 5.69 Å². The molecule has 1 N–H and O–H groups in total. The van der Waals surface area contributed by atoms with E-state index < -0.39 is 17.5 Å². The number of nitrogens with one attached hydrogen (secondary N) is 1. The Morgan fingerprint density at radius 3 is 2.55 bits per heavy atom. The number of anilines is 1. The van der Waals surface area contributed by atoms with E-state index in [1.807, 2.05) is 0 Å². The number of hydrogen-bond acceptors (Lipinski definition) is 1. The molecule has 0 aromatic heterocycles. The summed E-state index contributed by atoms with van der Waals surface area (Å²) in [7, 11) is 0. The number of halogens is 3. The van der Waals surface area contributed by atoms with Crippen LogP contribution in [0.3, 0.4) is 0 Å². The van der Waals surface area contributed by atoms with Gasteiger partial charge in [0.2, 0.25) is 0 Å². The Morgan fingerprint density at radius 1 is 1.15 bits per heavy atom. The van der Waals surface area contributed by atoms with Gasteiger partial charge in [-0.15, -0.1) is 11.6 Å². The fourth-order valence-electron chi connectivity index (χ4n) is 1.83. The Morgan fingerprint density at radius 2 is 1.85 bits per heavy atom. The molecular formula is C15H12ClF2NO. The zero-order valence-electron chi connectivity index (χ0n) is 10.7. The molecule has 2 aromatic rings. The first-order valence-corrected chi connectivity index (χ1v) is 6.42. The van der Waals surface area contributed by atoms with E-state index >= 15 is 0 Å². The van der Waals surface area contributed by atoms with Crippen LogP contribution in [-0.2, 0) is 0 Å². The zero-order chi connectivity index (χ0) is 14.7. The average Bonchev–Trinajstić information content (AvgIpc) is 2.42. The van der Waals surface area contributed by atoms with E-state index in [1.165, 1.54) is 12.1 Å². The molecule has 0 heterocycles. The van der Waals surface area contributed by atoms with Crippen LogP contribution in [0.4, 0.5) is 14.5 Å². The van der Waals surface area contributed by atoms with Gasteiger partial charge in [-0.2, -0.15) is 0 Å². The lowest BCUT2D eigenvalue weighted by Crippen LogP contribution is -2.15. The summed E-state index contributed by atoms with van der Waals surface area (Å²) in [6.45, 7) is 1.76. The van der Waals surface area contributed by atoms with Gasteiger partial charge in [-0.3, -0.25) is 4.79 Å². The number of para-hydroxylation sites is 1. The first-order valence-electron chi connectivity index (χ1n) is 5.99. The third-order valence-corrected chi connectivity index (χ3v) is 3.07. The van der Waals surface area contributed by atoms with Crippen molar-refractivity contribution < 1.29 is 13.6 Å². The minimum absolute atomic E-state index is 0.316. The largest absolute Gasteiger partial charge is 0.322 e. The molecule has 0 aliphatic heterocycles. The summed E-state index contributed by atoms with van der Waals surface area (Å²) in [5.41, 5.74) is 0.838. The lowest BCUT2D eigenvalue weighted by molar-refractivity contribution is 0.102. The molecule has 0 saturated carbocycles. The molecular weight excluding hydrogens is 284 g/mol. The highest BCUT2D eigenvalue weighted by molar-refractivity contribution is 6.21. The highest BCUT2D eigenvalue weighted by atomic mass is 35.5. The summed E-state index contributed by atoms with van der Waals surface area (Å²) in [5.74, 6) is -2.94. The van der Waals surface area contributed by atoms with Gasteiger partial charge in [0.05, 0.1) is 10.9 Å². The molecule has 2 rings (SSSR count). The van der Waals surface area contributed by atoms with Crippen molar-refractivity contribution in [2.24, 2.45) is 0 Å². The first kappa shape index (κ1) is 14.5. The Bertz CT molecular complexity index is 644. The van der Waals surface area contributed by atoms with Crippen LogP contribution in [0.15, 0.2) is 42.5 Å². The number of benzene rings is 2. The van der Waals surface area contributed by atoms with E-state index in [0.29, 0.717) is 11.3 Å². The molecule has 0 fully saturated rings. The molecule has 0 aliphatic carbocycles. The predicted molar refractivity (Wildman–Crippen MR) is 75.0 cm³/mol. The first-order chi connectivity index (χ1) is 9.50. The van der Waals surface area contributed by atoms with Gasteiger partial charge < -0.3 is 5.32 Å². The molecule has 0 spiro atoms. The number of hydrogen-bond donors (Lipinski definition) is 1. The normalized spacial score (nSPS) is 12.0. The number of alkyl halides is 1. The van der Waals surface area contributed by atoms with Crippen LogP contribution in [-0.4, -0.2) is 5.91 Å². The second-order valence-corrected chi connectivity index (χ2v) is 4.91. The van der Waals surface area contributed by atoms with Crippen LogP contribution >= 0.6 is 11.6 Å². The Labute approximate surface area is 120 Å².